The molecule has 0 aliphatic heterocycles. The summed E-state index contributed by atoms with van der Waals surface area (Å²) in [5.41, 5.74) is 0.231. The summed E-state index contributed by atoms with van der Waals surface area (Å²) in [5, 5.41) is 0. The van der Waals surface area contributed by atoms with Gasteiger partial charge in [0.1, 0.15) is 5.60 Å². The van der Waals surface area contributed by atoms with E-state index in [1.54, 1.807) is 20.8 Å². The van der Waals surface area contributed by atoms with E-state index in [0.29, 0.717) is 11.3 Å². The molecule has 0 saturated heterocycles. The number of carbonyl (C=O) groups is 1. The lowest BCUT2D eigenvalue weighted by molar-refractivity contribution is 0.00696. The number of carbonyl (C=O) groups excluding carboxylic acids is 1. The molecule has 18 heavy (non-hydrogen) atoms. The van der Waals surface area contributed by atoms with Crippen molar-refractivity contribution in [3.8, 4) is 0 Å². The summed E-state index contributed by atoms with van der Waals surface area (Å²) in [4.78, 5) is 11.7. The van der Waals surface area contributed by atoms with Crippen LogP contribution < -0.4 is 4.72 Å². The van der Waals surface area contributed by atoms with Crippen LogP contribution in [0.5, 0.6) is 0 Å². The first-order chi connectivity index (χ1) is 8.07. The van der Waals surface area contributed by atoms with Gasteiger partial charge in [-0.1, -0.05) is 0 Å². The maximum absolute atomic E-state index is 11.7. The van der Waals surface area contributed by atoms with E-state index in [1.807, 2.05) is 0 Å². The molecule has 1 aromatic rings. The molecule has 0 amide bonds. The molecule has 0 radical (unpaired) electrons. The van der Waals surface area contributed by atoms with E-state index in [2.05, 4.69) is 4.72 Å². The zero-order valence-electron chi connectivity index (χ0n) is 10.9. The van der Waals surface area contributed by atoms with Crippen molar-refractivity contribution in [2.75, 3.05) is 11.0 Å². The average Bonchev–Trinajstić information content (AvgIpc) is 2.13. The van der Waals surface area contributed by atoms with Gasteiger partial charge >= 0.3 is 5.97 Å². The van der Waals surface area contributed by atoms with Crippen molar-refractivity contribution in [2.24, 2.45) is 0 Å². The number of esters is 1. The van der Waals surface area contributed by atoms with Crippen LogP contribution in [0.1, 0.15) is 31.1 Å². The average molecular weight is 271 g/mol. The zero-order valence-corrected chi connectivity index (χ0v) is 11.7. The van der Waals surface area contributed by atoms with Crippen LogP contribution in [0, 0.1) is 0 Å². The van der Waals surface area contributed by atoms with Gasteiger partial charge in [-0.15, -0.1) is 0 Å². The maximum atomic E-state index is 11.7. The first-order valence-corrected chi connectivity index (χ1v) is 7.27. The highest BCUT2D eigenvalue weighted by atomic mass is 32.2. The summed E-state index contributed by atoms with van der Waals surface area (Å²) in [7, 11) is -3.31. The minimum atomic E-state index is -3.31. The van der Waals surface area contributed by atoms with E-state index in [0.717, 1.165) is 6.26 Å². The molecule has 1 N–H and O–H groups in total. The summed E-state index contributed by atoms with van der Waals surface area (Å²) >= 11 is 0. The van der Waals surface area contributed by atoms with Gasteiger partial charge in [-0.3, -0.25) is 4.72 Å². The van der Waals surface area contributed by atoms with Gasteiger partial charge in [0.25, 0.3) is 0 Å². The highest BCUT2D eigenvalue weighted by Crippen LogP contribution is 2.15. The van der Waals surface area contributed by atoms with Gasteiger partial charge in [0.05, 0.1) is 11.8 Å². The Morgan fingerprint density at radius 3 is 2.06 bits per heavy atom. The molecular weight excluding hydrogens is 254 g/mol. The Balaban J connectivity index is 2.80. The molecule has 0 aromatic heterocycles. The molecule has 100 valence electrons. The minimum absolute atomic E-state index is 0.379. The summed E-state index contributed by atoms with van der Waals surface area (Å²) in [6, 6.07) is 6.06. The van der Waals surface area contributed by atoms with Crippen molar-refractivity contribution >= 4 is 21.7 Å². The number of sulfonamides is 1. The fourth-order valence-corrected chi connectivity index (χ4v) is 1.79. The molecule has 1 aromatic carbocycles. The number of hydrogen-bond donors (Lipinski definition) is 1. The topological polar surface area (TPSA) is 72.5 Å². The van der Waals surface area contributed by atoms with Gasteiger partial charge in [-0.2, -0.15) is 0 Å². The van der Waals surface area contributed by atoms with Crippen LogP contribution in [0.2, 0.25) is 0 Å². The second-order valence-corrected chi connectivity index (χ2v) is 6.70. The van der Waals surface area contributed by atoms with Crippen molar-refractivity contribution in [3.05, 3.63) is 29.8 Å². The molecule has 0 aliphatic rings. The monoisotopic (exact) mass is 271 g/mol. The molecule has 0 heterocycles. The van der Waals surface area contributed by atoms with Crippen molar-refractivity contribution in [3.63, 3.8) is 0 Å². The third-order valence-corrected chi connectivity index (χ3v) is 2.43. The molecular formula is C12H17NO4S. The highest BCUT2D eigenvalue weighted by Gasteiger charge is 2.17. The van der Waals surface area contributed by atoms with E-state index in [1.165, 1.54) is 24.3 Å². The first-order valence-electron chi connectivity index (χ1n) is 5.38. The summed E-state index contributed by atoms with van der Waals surface area (Å²) in [6.07, 6.45) is 1.06. The van der Waals surface area contributed by atoms with Gasteiger partial charge in [-0.05, 0) is 45.0 Å². The Morgan fingerprint density at radius 2 is 1.67 bits per heavy atom. The summed E-state index contributed by atoms with van der Waals surface area (Å²) < 4.78 is 29.5. The number of benzene rings is 1. The Hall–Kier alpha value is -1.56. The first kappa shape index (κ1) is 14.5. The number of nitrogens with one attached hydrogen (secondary N) is 1. The van der Waals surface area contributed by atoms with Crippen LogP contribution in [0.4, 0.5) is 5.69 Å². The second-order valence-electron chi connectivity index (χ2n) is 4.95. The Labute approximate surface area is 107 Å². The largest absolute Gasteiger partial charge is 0.456 e. The number of ether oxygens (including phenoxy) is 1. The van der Waals surface area contributed by atoms with Gasteiger partial charge < -0.3 is 4.74 Å². The minimum Gasteiger partial charge on any atom is -0.456 e. The van der Waals surface area contributed by atoms with E-state index in [-0.39, 0.29) is 0 Å². The van der Waals surface area contributed by atoms with Gasteiger partial charge in [0, 0.05) is 5.69 Å². The molecule has 0 atom stereocenters. The molecule has 0 saturated carbocycles. The standard InChI is InChI=1S/C12H17NO4S/c1-12(2,3)17-11(14)9-5-7-10(8-6-9)13-18(4,15)16/h5-8,13H,1-4H3. The van der Waals surface area contributed by atoms with Gasteiger partial charge in [0.2, 0.25) is 10.0 Å². The summed E-state index contributed by atoms with van der Waals surface area (Å²) in [5.74, 6) is -0.437. The van der Waals surface area contributed by atoms with E-state index < -0.39 is 21.6 Å². The molecule has 0 unspecified atom stereocenters. The fraction of sp³-hybridized carbons (Fsp3) is 0.417. The third kappa shape index (κ3) is 5.18. The van der Waals surface area contributed by atoms with E-state index >= 15 is 0 Å². The van der Waals surface area contributed by atoms with Gasteiger partial charge in [-0.25, -0.2) is 13.2 Å². The number of rotatable bonds is 3. The van der Waals surface area contributed by atoms with E-state index in [4.69, 9.17) is 4.74 Å². The number of anilines is 1. The van der Waals surface area contributed by atoms with Crippen molar-refractivity contribution in [1.29, 1.82) is 0 Å². The van der Waals surface area contributed by atoms with Crippen LogP contribution >= 0.6 is 0 Å². The predicted octanol–water partition coefficient (Wildman–Crippen LogP) is 2.01. The molecule has 5 nitrogen and oxygen atoms in total. The fourth-order valence-electron chi connectivity index (χ4n) is 1.23. The third-order valence-electron chi connectivity index (χ3n) is 1.82. The lowest BCUT2D eigenvalue weighted by Gasteiger charge is -2.19. The lowest BCUT2D eigenvalue weighted by Crippen LogP contribution is -2.23. The maximum Gasteiger partial charge on any atom is 0.338 e. The molecule has 0 bridgehead atoms. The smallest absolute Gasteiger partial charge is 0.338 e. The van der Waals surface area contributed by atoms with Crippen LogP contribution in [-0.4, -0.2) is 26.2 Å². The predicted molar refractivity (Wildman–Crippen MR) is 70.1 cm³/mol. The number of hydrogen-bond acceptors (Lipinski definition) is 4. The molecule has 0 spiro atoms. The van der Waals surface area contributed by atoms with Crippen molar-refractivity contribution < 1.29 is 17.9 Å². The summed E-state index contributed by atoms with van der Waals surface area (Å²) in [6.45, 7) is 5.35. The Kier molecular flexibility index (Phi) is 4.01. The lowest BCUT2D eigenvalue weighted by atomic mass is 10.1. The molecule has 0 aliphatic carbocycles. The van der Waals surface area contributed by atoms with Crippen molar-refractivity contribution in [2.45, 2.75) is 26.4 Å². The normalized spacial score (nSPS) is 12.0. The van der Waals surface area contributed by atoms with Crippen LogP contribution in [0.3, 0.4) is 0 Å². The Morgan fingerprint density at radius 1 is 1.17 bits per heavy atom. The second kappa shape index (κ2) is 4.97. The van der Waals surface area contributed by atoms with Crippen LogP contribution in [0.15, 0.2) is 24.3 Å². The SMILES string of the molecule is CC(C)(C)OC(=O)c1ccc(NS(C)(=O)=O)cc1. The van der Waals surface area contributed by atoms with Gasteiger partial charge in [0.15, 0.2) is 0 Å². The molecule has 6 heteroatoms. The zero-order chi connectivity index (χ0) is 14.0. The highest BCUT2D eigenvalue weighted by molar-refractivity contribution is 7.92. The quantitative estimate of drug-likeness (QED) is 0.854. The van der Waals surface area contributed by atoms with Crippen molar-refractivity contribution in [1.82, 2.24) is 0 Å². The van der Waals surface area contributed by atoms with Crippen LogP contribution in [-0.2, 0) is 14.8 Å². The van der Waals surface area contributed by atoms with E-state index in [9.17, 15) is 13.2 Å². The molecule has 0 fully saturated rings. The Bertz CT molecular complexity index is 526. The van der Waals surface area contributed by atoms with Crippen LogP contribution in [0.25, 0.3) is 0 Å². The molecule has 1 rings (SSSR count).